The van der Waals surface area contributed by atoms with Gasteiger partial charge in [-0.05, 0) is 36.8 Å². The third kappa shape index (κ3) is 7.28. The van der Waals surface area contributed by atoms with Gasteiger partial charge in [0, 0.05) is 5.56 Å². The monoisotopic (exact) mass is 408 g/mol. The molecule has 2 rings (SSSR count). The molecule has 0 fully saturated rings. The molecular formula is C20H22F2N2O5. The lowest BCUT2D eigenvalue weighted by Gasteiger charge is -2.11. The highest BCUT2D eigenvalue weighted by atomic mass is 19.3. The number of para-hydroxylation sites is 2. The molecule has 156 valence electrons. The van der Waals surface area contributed by atoms with Crippen LogP contribution in [-0.2, 0) is 9.63 Å². The van der Waals surface area contributed by atoms with E-state index in [-0.39, 0.29) is 18.1 Å². The van der Waals surface area contributed by atoms with Gasteiger partial charge < -0.3 is 24.4 Å². The quantitative estimate of drug-likeness (QED) is 0.448. The molecular weight excluding hydrogens is 386 g/mol. The van der Waals surface area contributed by atoms with Gasteiger partial charge in [0.05, 0.1) is 25.6 Å². The Morgan fingerprint density at radius 1 is 1.17 bits per heavy atom. The molecule has 9 heteroatoms. The summed E-state index contributed by atoms with van der Waals surface area (Å²) in [6, 6.07) is 11.4. The Morgan fingerprint density at radius 3 is 2.69 bits per heavy atom. The number of alkyl halides is 2. The predicted octanol–water partition coefficient (Wildman–Crippen LogP) is 4.07. The molecule has 0 spiro atoms. The Balaban J connectivity index is 1.88. The Hall–Kier alpha value is -3.36. The highest BCUT2D eigenvalue weighted by Gasteiger charge is 2.11. The minimum atomic E-state index is -2.96. The lowest BCUT2D eigenvalue weighted by atomic mass is 10.2. The van der Waals surface area contributed by atoms with E-state index >= 15 is 0 Å². The Kier molecular flexibility index (Phi) is 8.68. The summed E-state index contributed by atoms with van der Waals surface area (Å²) in [5.41, 5.74) is 1.06. The molecule has 0 radical (unpaired) electrons. The van der Waals surface area contributed by atoms with Gasteiger partial charge in [-0.2, -0.15) is 8.78 Å². The number of nitrogens with one attached hydrogen (secondary N) is 1. The Labute approximate surface area is 167 Å². The van der Waals surface area contributed by atoms with E-state index in [9.17, 15) is 13.6 Å². The molecule has 0 saturated carbocycles. The molecule has 0 aliphatic heterocycles. The average Bonchev–Trinajstić information content (AvgIpc) is 2.71. The van der Waals surface area contributed by atoms with Crippen LogP contribution in [0.25, 0.3) is 0 Å². The molecule has 1 N–H and O–H groups in total. The maximum Gasteiger partial charge on any atom is 0.387 e. The van der Waals surface area contributed by atoms with Crippen LogP contribution in [0.1, 0.15) is 18.9 Å². The molecule has 0 heterocycles. The number of nitrogens with zero attached hydrogens (tertiary/aromatic N) is 1. The van der Waals surface area contributed by atoms with Crippen molar-refractivity contribution in [3.8, 4) is 17.2 Å². The smallest absolute Gasteiger partial charge is 0.387 e. The summed E-state index contributed by atoms with van der Waals surface area (Å²) >= 11 is 0. The average molecular weight is 408 g/mol. The van der Waals surface area contributed by atoms with Crippen molar-refractivity contribution < 1.29 is 32.6 Å². The molecule has 0 bridgehead atoms. The van der Waals surface area contributed by atoms with Crippen molar-refractivity contribution >= 4 is 17.8 Å². The van der Waals surface area contributed by atoms with E-state index in [1.54, 1.807) is 18.2 Å². The molecule has 29 heavy (non-hydrogen) atoms. The Morgan fingerprint density at radius 2 is 1.97 bits per heavy atom. The number of hydrogen-bond donors (Lipinski definition) is 1. The maximum absolute atomic E-state index is 12.3. The number of ether oxygens (including phenoxy) is 3. The van der Waals surface area contributed by atoms with Crippen molar-refractivity contribution in [2.24, 2.45) is 5.16 Å². The van der Waals surface area contributed by atoms with Crippen LogP contribution < -0.4 is 19.5 Å². The molecule has 1 amide bonds. The minimum Gasteiger partial charge on any atom is -0.493 e. The highest BCUT2D eigenvalue weighted by molar-refractivity contribution is 5.93. The lowest BCUT2D eigenvalue weighted by molar-refractivity contribution is -0.120. The summed E-state index contributed by atoms with van der Waals surface area (Å²) in [5, 5.41) is 6.39. The number of anilines is 1. The summed E-state index contributed by atoms with van der Waals surface area (Å²) in [6.07, 6.45) is 2.17. The fourth-order valence-electron chi connectivity index (χ4n) is 2.25. The second-order valence-electron chi connectivity index (χ2n) is 5.69. The number of hydrogen-bond acceptors (Lipinski definition) is 6. The first kappa shape index (κ1) is 21.9. The van der Waals surface area contributed by atoms with Crippen molar-refractivity contribution in [3.63, 3.8) is 0 Å². The van der Waals surface area contributed by atoms with E-state index < -0.39 is 12.5 Å². The summed E-state index contributed by atoms with van der Waals surface area (Å²) in [7, 11) is 1.33. The van der Waals surface area contributed by atoms with Crippen LogP contribution in [-0.4, -0.2) is 39.1 Å². The number of carbonyl (C=O) groups excluding carboxylic acids is 1. The van der Waals surface area contributed by atoms with E-state index in [0.29, 0.717) is 23.6 Å². The second kappa shape index (κ2) is 11.5. The van der Waals surface area contributed by atoms with Crippen molar-refractivity contribution in [1.82, 2.24) is 0 Å². The molecule has 0 unspecified atom stereocenters. The standard InChI is InChI=1S/C20H22F2N2O5/c1-3-10-27-16-7-5-4-6-15(16)24-19(25)13-28-23-12-14-8-9-17(29-20(21)22)18(11-14)26-2/h4-9,11-12,20H,3,10,13H2,1-2H3,(H,24,25)/b23-12+. The first-order valence-corrected chi connectivity index (χ1v) is 8.83. The maximum atomic E-state index is 12.3. The number of oxime groups is 1. The summed E-state index contributed by atoms with van der Waals surface area (Å²) in [5.74, 6) is 0.192. The minimum absolute atomic E-state index is 0.0936. The largest absolute Gasteiger partial charge is 0.493 e. The van der Waals surface area contributed by atoms with Gasteiger partial charge in [-0.3, -0.25) is 4.79 Å². The van der Waals surface area contributed by atoms with Gasteiger partial charge in [0.25, 0.3) is 5.91 Å². The van der Waals surface area contributed by atoms with Crippen molar-refractivity contribution in [3.05, 3.63) is 48.0 Å². The van der Waals surface area contributed by atoms with Crippen molar-refractivity contribution in [1.29, 1.82) is 0 Å². The third-order valence-electron chi connectivity index (χ3n) is 3.50. The lowest BCUT2D eigenvalue weighted by Crippen LogP contribution is -2.17. The van der Waals surface area contributed by atoms with Gasteiger partial charge in [-0.1, -0.05) is 24.2 Å². The van der Waals surface area contributed by atoms with Gasteiger partial charge in [0.2, 0.25) is 0 Å². The van der Waals surface area contributed by atoms with E-state index in [2.05, 4.69) is 15.2 Å². The fraction of sp³-hybridized carbons (Fsp3) is 0.300. The zero-order valence-corrected chi connectivity index (χ0v) is 16.1. The molecule has 2 aromatic rings. The molecule has 0 saturated heterocycles. The first-order chi connectivity index (χ1) is 14.0. The molecule has 0 aliphatic carbocycles. The van der Waals surface area contributed by atoms with E-state index in [1.165, 1.54) is 31.5 Å². The van der Waals surface area contributed by atoms with Crippen LogP contribution in [0.5, 0.6) is 17.2 Å². The fourth-order valence-corrected chi connectivity index (χ4v) is 2.25. The van der Waals surface area contributed by atoms with E-state index in [0.717, 1.165) is 6.42 Å². The summed E-state index contributed by atoms with van der Waals surface area (Å²) in [4.78, 5) is 17.0. The molecule has 7 nitrogen and oxygen atoms in total. The summed E-state index contributed by atoms with van der Waals surface area (Å²) < 4.78 is 39.6. The Bertz CT molecular complexity index is 830. The number of amides is 1. The second-order valence-corrected chi connectivity index (χ2v) is 5.69. The van der Waals surface area contributed by atoms with Crippen LogP contribution >= 0.6 is 0 Å². The zero-order valence-electron chi connectivity index (χ0n) is 16.1. The third-order valence-corrected chi connectivity index (χ3v) is 3.50. The van der Waals surface area contributed by atoms with Crippen molar-refractivity contribution in [2.75, 3.05) is 25.6 Å². The number of methoxy groups -OCH3 is 1. The van der Waals surface area contributed by atoms with Gasteiger partial charge in [0.1, 0.15) is 5.75 Å². The zero-order chi connectivity index (χ0) is 21.1. The van der Waals surface area contributed by atoms with E-state index in [1.807, 2.05) is 13.0 Å². The molecule has 2 aromatic carbocycles. The van der Waals surface area contributed by atoms with Gasteiger partial charge in [0.15, 0.2) is 18.1 Å². The normalized spacial score (nSPS) is 10.8. The summed E-state index contributed by atoms with van der Waals surface area (Å²) in [6.45, 7) is -0.745. The highest BCUT2D eigenvalue weighted by Crippen LogP contribution is 2.29. The molecule has 0 aromatic heterocycles. The number of halogens is 2. The first-order valence-electron chi connectivity index (χ1n) is 8.83. The number of rotatable bonds is 11. The predicted molar refractivity (Wildman–Crippen MR) is 104 cm³/mol. The number of benzene rings is 2. The van der Waals surface area contributed by atoms with Crippen LogP contribution in [0.15, 0.2) is 47.6 Å². The number of carbonyl (C=O) groups is 1. The van der Waals surface area contributed by atoms with Crippen molar-refractivity contribution in [2.45, 2.75) is 20.0 Å². The van der Waals surface area contributed by atoms with Crippen LogP contribution in [0.4, 0.5) is 14.5 Å². The SMILES string of the molecule is CCCOc1ccccc1NC(=O)CO/N=C/c1ccc(OC(F)F)c(OC)c1. The van der Waals surface area contributed by atoms with E-state index in [4.69, 9.17) is 14.3 Å². The van der Waals surface area contributed by atoms with Gasteiger partial charge >= 0.3 is 6.61 Å². The van der Waals surface area contributed by atoms with Crippen LogP contribution in [0.2, 0.25) is 0 Å². The van der Waals surface area contributed by atoms with Crippen LogP contribution in [0.3, 0.4) is 0 Å². The van der Waals surface area contributed by atoms with Crippen LogP contribution in [0, 0.1) is 0 Å². The molecule has 0 atom stereocenters. The van der Waals surface area contributed by atoms with Gasteiger partial charge in [-0.25, -0.2) is 0 Å². The topological polar surface area (TPSA) is 78.4 Å². The van der Waals surface area contributed by atoms with Gasteiger partial charge in [-0.15, -0.1) is 0 Å². The molecule has 0 aliphatic rings.